The summed E-state index contributed by atoms with van der Waals surface area (Å²) in [5.41, 5.74) is 5.15. The number of hydrogen-bond donors (Lipinski definition) is 6. The van der Waals surface area contributed by atoms with E-state index in [9.17, 15) is 33.9 Å². The van der Waals surface area contributed by atoms with Gasteiger partial charge < -0.3 is 51.1 Å². The Balaban J connectivity index is 3.64. The molecular weight excluding hydrogens is 738 g/mol. The van der Waals surface area contributed by atoms with Gasteiger partial charge in [0.25, 0.3) is 0 Å². The summed E-state index contributed by atoms with van der Waals surface area (Å²) >= 11 is 0. The number of amides is 5. The third kappa shape index (κ3) is 40.7. The van der Waals surface area contributed by atoms with Crippen LogP contribution in [0.1, 0.15) is 148 Å². The first-order valence-corrected chi connectivity index (χ1v) is 21.6. The minimum Gasteiger partial charge on any atom is -0.480 e. The number of primary amides is 1. The van der Waals surface area contributed by atoms with Crippen molar-refractivity contribution >= 4 is 35.5 Å². The number of carboxylic acids is 1. The molecule has 16 heteroatoms. The second-order valence-corrected chi connectivity index (χ2v) is 14.4. The Morgan fingerprint density at radius 3 is 1.37 bits per heavy atom. The molecule has 0 aliphatic rings. The van der Waals surface area contributed by atoms with E-state index in [-0.39, 0.29) is 95.0 Å². The van der Waals surface area contributed by atoms with E-state index in [1.807, 2.05) is 0 Å². The minimum absolute atomic E-state index is 0.00435. The van der Waals surface area contributed by atoms with E-state index in [1.54, 1.807) is 0 Å². The molecule has 0 heterocycles. The highest BCUT2D eigenvalue weighted by atomic mass is 16.5. The Morgan fingerprint density at radius 2 is 0.895 bits per heavy atom. The Kier molecular flexibility index (Phi) is 38.4. The van der Waals surface area contributed by atoms with E-state index in [0.717, 1.165) is 51.4 Å². The first-order valence-electron chi connectivity index (χ1n) is 21.6. The highest BCUT2D eigenvalue weighted by molar-refractivity contribution is 5.84. The minimum atomic E-state index is -1.17. The normalized spacial score (nSPS) is 11.5. The summed E-state index contributed by atoms with van der Waals surface area (Å²) in [6.45, 7) is 4.71. The molecule has 16 nitrogen and oxygen atoms in total. The van der Waals surface area contributed by atoms with Crippen LogP contribution in [0.25, 0.3) is 0 Å². The highest BCUT2D eigenvalue weighted by Gasteiger charge is 2.20. The molecule has 0 aromatic heterocycles. The number of rotatable bonds is 43. The fourth-order valence-electron chi connectivity index (χ4n) is 5.77. The predicted octanol–water partition coefficient (Wildman–Crippen LogP) is 4.06. The summed E-state index contributed by atoms with van der Waals surface area (Å²) in [5, 5.41) is 20.2. The lowest BCUT2D eigenvalue weighted by atomic mass is 10.0. The zero-order chi connectivity index (χ0) is 42.0. The Hall–Kier alpha value is -3.34. The van der Waals surface area contributed by atoms with Crippen molar-refractivity contribution in [2.75, 3.05) is 72.5 Å². The number of unbranched alkanes of at least 4 members (excludes halogenated alkanes) is 16. The molecule has 0 rings (SSSR count). The van der Waals surface area contributed by atoms with Gasteiger partial charge >= 0.3 is 5.97 Å². The van der Waals surface area contributed by atoms with Crippen molar-refractivity contribution in [1.82, 2.24) is 21.3 Å². The predicted molar refractivity (Wildman–Crippen MR) is 218 cm³/mol. The number of carboxylic acid groups (broad SMARTS) is 1. The fourth-order valence-corrected chi connectivity index (χ4v) is 5.77. The van der Waals surface area contributed by atoms with Gasteiger partial charge in [-0.2, -0.15) is 0 Å². The standard InChI is InChI=1S/C41H77N5O11/c1-2-3-4-19-24-43-39(50)33-56-31-30-55-28-26-45-40(51)34-57-32-29-54-27-25-44-37(48)23-22-35(41(52)53)46-38(49)21-18-16-14-12-10-8-6-5-7-9-11-13-15-17-20-36(42)47/h35H,2-34H2,1H3,(H2,42,47)(H,43,50)(H,44,48)(H,45,51)(H,46,49)(H,52,53). The van der Waals surface area contributed by atoms with Crippen LogP contribution in [0.2, 0.25) is 0 Å². The number of carbonyl (C=O) groups excluding carboxylic acids is 5. The number of carbonyl (C=O) groups is 6. The summed E-state index contributed by atoms with van der Waals surface area (Å²) in [6.07, 6.45) is 20.7. The number of ether oxygens (including phenoxy) is 4. The highest BCUT2D eigenvalue weighted by Crippen LogP contribution is 2.14. The van der Waals surface area contributed by atoms with Crippen LogP contribution in [0.4, 0.5) is 0 Å². The fraction of sp³-hybridized carbons (Fsp3) is 0.854. The zero-order valence-electron chi connectivity index (χ0n) is 35.0. The molecule has 0 saturated heterocycles. The summed E-state index contributed by atoms with van der Waals surface area (Å²) < 4.78 is 21.3. The van der Waals surface area contributed by atoms with Crippen LogP contribution in [0, 0.1) is 0 Å². The molecule has 0 aliphatic heterocycles. The van der Waals surface area contributed by atoms with Gasteiger partial charge in [0, 0.05) is 38.9 Å². The average molecular weight is 816 g/mol. The van der Waals surface area contributed by atoms with E-state index >= 15 is 0 Å². The molecule has 0 aromatic carbocycles. The smallest absolute Gasteiger partial charge is 0.326 e. The van der Waals surface area contributed by atoms with Gasteiger partial charge in [-0.1, -0.05) is 103 Å². The van der Waals surface area contributed by atoms with E-state index in [2.05, 4.69) is 28.2 Å². The first kappa shape index (κ1) is 53.7. The number of nitrogens with two attached hydrogens (primary N) is 1. The molecule has 0 radical (unpaired) electrons. The topological polar surface area (TPSA) is 234 Å². The molecule has 1 atom stereocenters. The van der Waals surface area contributed by atoms with Crippen LogP contribution in [0.5, 0.6) is 0 Å². The van der Waals surface area contributed by atoms with Gasteiger partial charge in [0.15, 0.2) is 0 Å². The zero-order valence-corrected chi connectivity index (χ0v) is 35.0. The molecule has 57 heavy (non-hydrogen) atoms. The summed E-state index contributed by atoms with van der Waals surface area (Å²) in [5.74, 6) is -2.48. The number of nitrogens with one attached hydrogen (secondary N) is 4. The van der Waals surface area contributed by atoms with Crippen LogP contribution in [0.15, 0.2) is 0 Å². The van der Waals surface area contributed by atoms with E-state index < -0.39 is 12.0 Å². The molecule has 7 N–H and O–H groups in total. The molecule has 0 fully saturated rings. The van der Waals surface area contributed by atoms with Crippen LogP contribution in [-0.2, 0) is 47.7 Å². The maximum Gasteiger partial charge on any atom is 0.326 e. The van der Waals surface area contributed by atoms with E-state index in [0.29, 0.717) is 39.1 Å². The van der Waals surface area contributed by atoms with Crippen molar-refractivity contribution in [3.8, 4) is 0 Å². The molecule has 0 spiro atoms. The summed E-state index contributed by atoms with van der Waals surface area (Å²) in [6, 6.07) is -1.13. The molecule has 0 bridgehead atoms. The first-order chi connectivity index (χ1) is 27.6. The van der Waals surface area contributed by atoms with Gasteiger partial charge in [-0.3, -0.25) is 24.0 Å². The molecule has 0 aliphatic carbocycles. The lowest BCUT2D eigenvalue weighted by Crippen LogP contribution is -2.41. The molecule has 0 aromatic rings. The lowest BCUT2D eigenvalue weighted by Gasteiger charge is -2.14. The maximum atomic E-state index is 12.3. The molecular formula is C41H77N5O11. The van der Waals surface area contributed by atoms with Crippen LogP contribution in [-0.4, -0.2) is 119 Å². The van der Waals surface area contributed by atoms with Crippen LogP contribution in [0.3, 0.4) is 0 Å². The Labute approximate surface area is 341 Å². The number of aliphatic carboxylic acids is 1. The van der Waals surface area contributed by atoms with Gasteiger partial charge in [0.05, 0.1) is 39.6 Å². The Morgan fingerprint density at radius 1 is 0.474 bits per heavy atom. The second kappa shape index (κ2) is 40.8. The third-order valence-corrected chi connectivity index (χ3v) is 9.07. The third-order valence-electron chi connectivity index (χ3n) is 9.07. The summed E-state index contributed by atoms with van der Waals surface area (Å²) in [7, 11) is 0. The van der Waals surface area contributed by atoms with Gasteiger partial charge in [-0.15, -0.1) is 0 Å². The van der Waals surface area contributed by atoms with Gasteiger partial charge in [0.2, 0.25) is 29.5 Å². The van der Waals surface area contributed by atoms with Gasteiger partial charge in [-0.25, -0.2) is 4.79 Å². The van der Waals surface area contributed by atoms with E-state index in [4.69, 9.17) is 24.7 Å². The van der Waals surface area contributed by atoms with Crippen molar-refractivity contribution in [2.45, 2.75) is 154 Å². The largest absolute Gasteiger partial charge is 0.480 e. The average Bonchev–Trinajstić information content (AvgIpc) is 3.17. The lowest BCUT2D eigenvalue weighted by molar-refractivity contribution is -0.142. The van der Waals surface area contributed by atoms with Crippen LogP contribution >= 0.6 is 0 Å². The second-order valence-electron chi connectivity index (χ2n) is 14.4. The quantitative estimate of drug-likeness (QED) is 0.0481. The van der Waals surface area contributed by atoms with Gasteiger partial charge in [-0.05, 0) is 25.7 Å². The SMILES string of the molecule is CCCCCCNC(=O)COCCOCCNC(=O)COCCOCCNC(=O)CCC(NC(=O)CCCCCCCCCCCCCCCCC(N)=O)C(=O)O. The summed E-state index contributed by atoms with van der Waals surface area (Å²) in [4.78, 5) is 70.4. The van der Waals surface area contributed by atoms with Crippen molar-refractivity contribution in [2.24, 2.45) is 5.73 Å². The Bertz CT molecular complexity index is 1050. The van der Waals surface area contributed by atoms with Crippen molar-refractivity contribution in [1.29, 1.82) is 0 Å². The molecule has 5 amide bonds. The molecule has 332 valence electrons. The van der Waals surface area contributed by atoms with Crippen molar-refractivity contribution in [3.05, 3.63) is 0 Å². The molecule has 1 unspecified atom stereocenters. The monoisotopic (exact) mass is 816 g/mol. The van der Waals surface area contributed by atoms with Crippen molar-refractivity contribution in [3.63, 3.8) is 0 Å². The van der Waals surface area contributed by atoms with E-state index in [1.165, 1.54) is 57.8 Å². The number of hydrogen-bond acceptors (Lipinski definition) is 10. The van der Waals surface area contributed by atoms with Crippen LogP contribution < -0.4 is 27.0 Å². The van der Waals surface area contributed by atoms with Gasteiger partial charge in [0.1, 0.15) is 19.3 Å². The van der Waals surface area contributed by atoms with Crippen molar-refractivity contribution < 1.29 is 52.8 Å². The maximum absolute atomic E-state index is 12.3. The molecule has 0 saturated carbocycles.